The van der Waals surface area contributed by atoms with E-state index in [4.69, 9.17) is 44.7 Å². The molecular weight excluding hydrogens is 1910 g/mol. The average Bonchev–Trinajstić information content (AvgIpc) is 1.60. The number of benzene rings is 5. The standard InChI is InChI=1S/C22H23N3O5.C21H21N3O5S.2C21H21N3O5.C19H18N4O5/c1-5-16-18(20(28)13(2)26)19-21(25(16)11-15-9-7-6-8-10-15)23-14(3)24-22(19)30-12-17(27)29-4;1-4-14-16(18(28)12(2)25)17-19(24(14)10-13-8-6-5-7-9-13)22-21(30-3)23-20(17)29-11-15(26)27;1-4-15-17(19(27)13(2)25)18-20(24(15)10-14-8-6-5-7-9-14)22-12-23-21(18)29-11-16(26)28-3;1-4-15-17(19(28)12(2)25)18-20(24(15)10-14-8-6-5-7-9-14)22-13(3)23-21(18)29-11-16(26)27;1-2-12-14(16(26)17(20)27)15-18(21-10-22-19(15)28-9-13(24)25)23(12)8-11-6-4-3-5-7-11/h6-10H,5,11-12H2,1-4H3;5-9H,4,10-11H2,1-3H3,(H,26,27);5-9,12H,4,10-11H2,1-3H3;5-9H,4,10-11H2,1-3H3,(H,26,27);3-7,10H,2,8-9H2,1H3,(H2,20,27)(H,24,25). The van der Waals surface area contributed by atoms with Crippen LogP contribution in [0.4, 0.5) is 0 Å². The normalized spacial score (nSPS) is 10.8. The number of aromatic nitrogens is 15. The van der Waals surface area contributed by atoms with E-state index in [9.17, 15) is 71.9 Å². The van der Waals surface area contributed by atoms with Gasteiger partial charge < -0.3 is 77.0 Å². The summed E-state index contributed by atoms with van der Waals surface area (Å²) in [6.07, 6.45) is 6.64. The van der Waals surface area contributed by atoms with Gasteiger partial charge in [-0.25, -0.2) is 58.9 Å². The third-order valence-corrected chi connectivity index (χ3v) is 23.0. The van der Waals surface area contributed by atoms with Crippen molar-refractivity contribution < 1.29 is 120 Å². The molecule has 0 unspecified atom stereocenters. The lowest BCUT2D eigenvalue weighted by Crippen LogP contribution is -2.24. The van der Waals surface area contributed by atoms with Crippen LogP contribution >= 0.6 is 11.8 Å². The first kappa shape index (κ1) is 109. The molecule has 0 saturated heterocycles. The van der Waals surface area contributed by atoms with Crippen LogP contribution in [0.5, 0.6) is 29.4 Å². The molecule has 0 bridgehead atoms. The summed E-state index contributed by atoms with van der Waals surface area (Å²) in [4.78, 5) is 222. The van der Waals surface area contributed by atoms with E-state index in [1.807, 2.05) is 205 Å². The molecule has 0 aliphatic rings. The van der Waals surface area contributed by atoms with Gasteiger partial charge in [0.15, 0.2) is 61.3 Å². The molecule has 15 rings (SSSR count). The maximum atomic E-state index is 12.9. The van der Waals surface area contributed by atoms with Gasteiger partial charge in [0.25, 0.3) is 11.7 Å². The monoisotopic (exact) mass is 2010 g/mol. The molecule has 42 heteroatoms. The molecule has 10 aromatic heterocycles. The number of nitrogens with zero attached hydrogens (tertiary/aromatic N) is 15. The van der Waals surface area contributed by atoms with Crippen LogP contribution in [0.2, 0.25) is 0 Å². The zero-order valence-electron chi connectivity index (χ0n) is 82.2. The minimum absolute atomic E-state index is 0.0130. The van der Waals surface area contributed by atoms with Crippen LogP contribution in [-0.4, -0.2) is 229 Å². The highest BCUT2D eigenvalue weighted by molar-refractivity contribution is 7.98. The number of carbonyl (C=O) groups excluding carboxylic acids is 12. The van der Waals surface area contributed by atoms with Gasteiger partial charge in [-0.2, -0.15) is 15.0 Å². The van der Waals surface area contributed by atoms with Crippen molar-refractivity contribution in [1.29, 1.82) is 0 Å². The fraction of sp³-hybridized carbons (Fsp3) is 0.279. The first-order chi connectivity index (χ1) is 70.0. The average molecular weight is 2010 g/mol. The molecular formula is C104H104N16O25S. The van der Waals surface area contributed by atoms with Crippen molar-refractivity contribution >= 4 is 155 Å². The number of ketones is 9. The van der Waals surface area contributed by atoms with Gasteiger partial charge in [0, 0.05) is 88.9 Å². The number of aliphatic carboxylic acids is 3. The van der Waals surface area contributed by atoms with E-state index >= 15 is 0 Å². The highest BCUT2D eigenvalue weighted by Gasteiger charge is 2.36. The Labute approximate surface area is 838 Å². The Balaban J connectivity index is 0.000000174. The van der Waals surface area contributed by atoms with Crippen LogP contribution in [0.15, 0.2) is 169 Å². The van der Waals surface area contributed by atoms with E-state index in [0.29, 0.717) is 149 Å². The van der Waals surface area contributed by atoms with Gasteiger partial charge in [-0.3, -0.25) is 47.9 Å². The van der Waals surface area contributed by atoms with Crippen LogP contribution in [0.1, 0.15) is 182 Å². The predicted molar refractivity (Wildman–Crippen MR) is 531 cm³/mol. The summed E-state index contributed by atoms with van der Waals surface area (Å²) in [6.45, 7) is 17.1. The summed E-state index contributed by atoms with van der Waals surface area (Å²) in [5.41, 5.74) is 16.3. The Morgan fingerprint density at radius 3 is 0.788 bits per heavy atom. The second-order valence-corrected chi connectivity index (χ2v) is 33.0. The Kier molecular flexibility index (Phi) is 37.4. The van der Waals surface area contributed by atoms with E-state index in [0.717, 1.165) is 27.8 Å². The van der Waals surface area contributed by atoms with Crippen molar-refractivity contribution in [3.63, 3.8) is 0 Å². The first-order valence-corrected chi connectivity index (χ1v) is 46.9. The first-order valence-electron chi connectivity index (χ1n) is 45.6. The number of carboxylic acid groups (broad SMARTS) is 3. The number of aryl methyl sites for hydroxylation is 2. The van der Waals surface area contributed by atoms with Crippen molar-refractivity contribution in [2.45, 2.75) is 146 Å². The molecule has 5 aromatic carbocycles. The van der Waals surface area contributed by atoms with Gasteiger partial charge in [0.1, 0.15) is 52.5 Å². The maximum Gasteiger partial charge on any atom is 0.343 e. The van der Waals surface area contributed by atoms with Crippen LogP contribution in [-0.2, 0) is 122 Å². The number of rotatable bonds is 41. The summed E-state index contributed by atoms with van der Waals surface area (Å²) in [5, 5.41) is 28.7. The number of thioether (sulfide) groups is 1. The van der Waals surface area contributed by atoms with E-state index < -0.39 is 108 Å². The number of hydrogen-bond acceptors (Lipinski definition) is 33. The third kappa shape index (κ3) is 25.5. The molecule has 10 heterocycles. The molecule has 756 valence electrons. The van der Waals surface area contributed by atoms with Crippen molar-refractivity contribution in [1.82, 2.24) is 72.7 Å². The maximum absolute atomic E-state index is 12.9. The fourth-order valence-corrected chi connectivity index (χ4v) is 16.6. The molecule has 1 amide bonds. The van der Waals surface area contributed by atoms with E-state index in [1.165, 1.54) is 66.3 Å². The highest BCUT2D eigenvalue weighted by Crippen LogP contribution is 2.40. The number of nitrogens with two attached hydrogens (primary N) is 1. The number of fused-ring (bicyclic) bond motifs is 5. The number of amides is 1. The molecule has 0 atom stereocenters. The lowest BCUT2D eigenvalue weighted by Gasteiger charge is -2.10. The second-order valence-electron chi connectivity index (χ2n) is 32.3. The number of ether oxygens (including phenoxy) is 7. The van der Waals surface area contributed by atoms with Gasteiger partial charge >= 0.3 is 29.8 Å². The number of carbonyl (C=O) groups is 15. The molecule has 5 N–H and O–H groups in total. The molecule has 0 aliphatic heterocycles. The number of Topliss-reactive ketones (excluding diaryl/α,β-unsaturated/α-hetero) is 9. The molecule has 41 nitrogen and oxygen atoms in total. The van der Waals surface area contributed by atoms with Gasteiger partial charge in [-0.15, -0.1) is 0 Å². The van der Waals surface area contributed by atoms with Crippen LogP contribution in [0, 0.1) is 13.8 Å². The smallest absolute Gasteiger partial charge is 0.343 e. The predicted octanol–water partition coefficient (Wildman–Crippen LogP) is 11.8. The zero-order valence-corrected chi connectivity index (χ0v) is 83.0. The lowest BCUT2D eigenvalue weighted by molar-refractivity contribution is -0.143. The molecule has 15 aromatic rings. The summed E-state index contributed by atoms with van der Waals surface area (Å²) < 4.78 is 45.6. The second kappa shape index (κ2) is 50.2. The van der Waals surface area contributed by atoms with Crippen molar-refractivity contribution in [2.75, 3.05) is 53.5 Å². The fourth-order valence-electron chi connectivity index (χ4n) is 16.3. The number of primary amides is 1. The van der Waals surface area contributed by atoms with Crippen LogP contribution in [0.3, 0.4) is 0 Å². The quantitative estimate of drug-likeness (QED) is 0.00909. The topological polar surface area (TPSA) is 561 Å². The van der Waals surface area contributed by atoms with E-state index in [-0.39, 0.29) is 86.6 Å². The number of methoxy groups -OCH3 is 2. The molecule has 0 saturated carbocycles. The molecule has 0 fully saturated rings. The zero-order chi connectivity index (χ0) is 106. The Morgan fingerprint density at radius 1 is 0.308 bits per heavy atom. The number of esters is 2. The van der Waals surface area contributed by atoms with Crippen LogP contribution < -0.4 is 29.4 Å². The van der Waals surface area contributed by atoms with Crippen molar-refractivity contribution in [3.05, 3.63) is 260 Å². The van der Waals surface area contributed by atoms with E-state index in [1.54, 1.807) is 24.7 Å². The Bertz CT molecular complexity index is 7530. The van der Waals surface area contributed by atoms with Crippen molar-refractivity contribution in [3.8, 4) is 29.4 Å². The summed E-state index contributed by atoms with van der Waals surface area (Å²) in [6, 6.07) is 48.2. The highest BCUT2D eigenvalue weighted by atomic mass is 32.2. The summed E-state index contributed by atoms with van der Waals surface area (Å²) >= 11 is 1.27. The molecule has 0 spiro atoms. The molecule has 0 aliphatic carbocycles. The minimum atomic E-state index is -1.20. The summed E-state index contributed by atoms with van der Waals surface area (Å²) in [7, 11) is 2.50. The van der Waals surface area contributed by atoms with Crippen molar-refractivity contribution in [2.24, 2.45) is 5.73 Å². The van der Waals surface area contributed by atoms with E-state index in [2.05, 4.69) is 59.3 Å². The Morgan fingerprint density at radius 2 is 0.541 bits per heavy atom. The SMILES string of the molecule is CCc1c(C(=O)C(C)=O)c2c(OCC(=O)O)nc(C)nc2n1Cc1ccccc1.CCc1c(C(=O)C(C)=O)c2c(OCC(=O)O)nc(SC)nc2n1Cc1ccccc1.CCc1c(C(=O)C(C)=O)c2c(OCC(=O)OC)nc(C)nc2n1Cc1ccccc1.CCc1c(C(=O)C(C)=O)c2c(OCC(=O)OC)ncnc2n1Cc1ccccc1.CCc1c(C(=O)C(N)=O)c2c(OCC(=O)O)ncnc2n1Cc1ccccc1. The van der Waals surface area contributed by atoms with Gasteiger partial charge in [0.05, 0.1) is 69.0 Å². The van der Waals surface area contributed by atoms with Crippen LogP contribution in [0.25, 0.3) is 55.2 Å². The minimum Gasteiger partial charge on any atom is -0.479 e. The molecule has 146 heavy (non-hydrogen) atoms. The van der Waals surface area contributed by atoms with Gasteiger partial charge in [-0.1, -0.05) is 198 Å². The largest absolute Gasteiger partial charge is 0.479 e. The summed E-state index contributed by atoms with van der Waals surface area (Å²) in [5.74, 6) is -11.0. The lowest BCUT2D eigenvalue weighted by atomic mass is 10.0. The number of carboxylic acids is 3. The van der Waals surface area contributed by atoms with Gasteiger partial charge in [-0.05, 0) is 80.0 Å². The third-order valence-electron chi connectivity index (χ3n) is 22.5. The number of hydrogen-bond donors (Lipinski definition) is 4. The molecule has 0 radical (unpaired) electrons. The van der Waals surface area contributed by atoms with Gasteiger partial charge in [0.2, 0.25) is 52.5 Å². The Hall–Kier alpha value is -17.6.